The molecule has 0 saturated heterocycles. The molecule has 0 fully saturated rings. The number of hydrogen-bond donors (Lipinski definition) is 1. The number of aromatic nitrogens is 3. The molecular formula is C17H14Cl2N4O2. The summed E-state index contributed by atoms with van der Waals surface area (Å²) in [7, 11) is 0. The number of amides is 1. The number of fused-ring (bicyclic) bond motifs is 3. The number of benzene rings is 1. The largest absolute Gasteiger partial charge is 0.331 e. The van der Waals surface area contributed by atoms with Crippen LogP contribution in [0.2, 0.25) is 10.0 Å². The number of nitrogens with zero attached hydrogens (tertiary/aromatic N) is 3. The number of H-pyrrole nitrogens is 1. The number of halogens is 2. The van der Waals surface area contributed by atoms with Crippen molar-refractivity contribution in [1.82, 2.24) is 19.5 Å². The van der Waals surface area contributed by atoms with E-state index < -0.39 is 0 Å². The van der Waals surface area contributed by atoms with Crippen LogP contribution in [0.25, 0.3) is 5.52 Å². The molecule has 1 aliphatic heterocycles. The van der Waals surface area contributed by atoms with Gasteiger partial charge in [0, 0.05) is 36.0 Å². The first kappa shape index (κ1) is 16.2. The van der Waals surface area contributed by atoms with Gasteiger partial charge in [-0.05, 0) is 25.1 Å². The molecule has 8 heteroatoms. The molecule has 1 amide bonds. The van der Waals surface area contributed by atoms with Crippen molar-refractivity contribution in [3.8, 4) is 0 Å². The molecular weight excluding hydrogens is 363 g/mol. The summed E-state index contributed by atoms with van der Waals surface area (Å²) in [5.41, 5.74) is 2.37. The first-order chi connectivity index (χ1) is 12.0. The van der Waals surface area contributed by atoms with Gasteiger partial charge in [-0.3, -0.25) is 9.59 Å². The van der Waals surface area contributed by atoms with Crippen LogP contribution < -0.4 is 5.56 Å². The maximum Gasteiger partial charge on any atom is 0.274 e. The Labute approximate surface area is 153 Å². The van der Waals surface area contributed by atoms with E-state index in [4.69, 9.17) is 23.2 Å². The highest BCUT2D eigenvalue weighted by Crippen LogP contribution is 2.28. The Bertz CT molecular complexity index is 1060. The fourth-order valence-corrected chi connectivity index (χ4v) is 3.53. The van der Waals surface area contributed by atoms with Gasteiger partial charge in [-0.25, -0.2) is 4.52 Å². The molecule has 3 heterocycles. The van der Waals surface area contributed by atoms with Crippen LogP contribution in [-0.4, -0.2) is 31.4 Å². The monoisotopic (exact) mass is 376 g/mol. The molecule has 1 aromatic carbocycles. The van der Waals surface area contributed by atoms with Crippen LogP contribution in [0.3, 0.4) is 0 Å². The first-order valence-corrected chi connectivity index (χ1v) is 8.55. The normalized spacial score (nSPS) is 16.9. The van der Waals surface area contributed by atoms with Crippen LogP contribution in [0.1, 0.15) is 28.5 Å². The zero-order valence-corrected chi connectivity index (χ0v) is 14.8. The summed E-state index contributed by atoms with van der Waals surface area (Å²) in [6.07, 6.45) is 3.84. The predicted molar refractivity (Wildman–Crippen MR) is 95.3 cm³/mol. The average Bonchev–Trinajstić information content (AvgIpc) is 2.94. The van der Waals surface area contributed by atoms with Gasteiger partial charge in [0.05, 0.1) is 22.3 Å². The van der Waals surface area contributed by atoms with Gasteiger partial charge >= 0.3 is 0 Å². The highest BCUT2D eigenvalue weighted by molar-refractivity contribution is 6.42. The number of aromatic amines is 1. The zero-order valence-electron chi connectivity index (χ0n) is 13.3. The van der Waals surface area contributed by atoms with Crippen molar-refractivity contribution in [3.63, 3.8) is 0 Å². The summed E-state index contributed by atoms with van der Waals surface area (Å²) in [6, 6.07) is 4.79. The Morgan fingerprint density at radius 2 is 2.12 bits per heavy atom. The van der Waals surface area contributed by atoms with Crippen molar-refractivity contribution in [2.24, 2.45) is 0 Å². The third-order valence-electron chi connectivity index (χ3n) is 4.51. The second kappa shape index (κ2) is 5.89. The van der Waals surface area contributed by atoms with Gasteiger partial charge in [-0.1, -0.05) is 23.2 Å². The summed E-state index contributed by atoms with van der Waals surface area (Å²) in [5.74, 6) is -0.150. The number of carbonyl (C=O) groups is 1. The molecule has 2 aromatic heterocycles. The quantitative estimate of drug-likeness (QED) is 0.709. The molecule has 0 spiro atoms. The lowest BCUT2D eigenvalue weighted by molar-refractivity contribution is 0.0658. The molecule has 0 radical (unpaired) electrons. The van der Waals surface area contributed by atoms with Crippen LogP contribution in [0.15, 0.2) is 35.4 Å². The summed E-state index contributed by atoms with van der Waals surface area (Å²) in [4.78, 5) is 29.5. The highest BCUT2D eigenvalue weighted by atomic mass is 35.5. The Kier molecular flexibility index (Phi) is 3.81. The lowest BCUT2D eigenvalue weighted by atomic mass is 9.99. The Morgan fingerprint density at radius 1 is 1.32 bits per heavy atom. The number of hydrogen-bond acceptors (Lipinski definition) is 3. The van der Waals surface area contributed by atoms with Crippen molar-refractivity contribution in [3.05, 3.63) is 67.8 Å². The summed E-state index contributed by atoms with van der Waals surface area (Å²) in [5, 5.41) is 5.22. The van der Waals surface area contributed by atoms with Crippen LogP contribution in [0, 0.1) is 0 Å². The third kappa shape index (κ3) is 2.62. The van der Waals surface area contributed by atoms with Crippen molar-refractivity contribution in [2.45, 2.75) is 25.9 Å². The molecule has 4 rings (SSSR count). The van der Waals surface area contributed by atoms with Crippen molar-refractivity contribution < 1.29 is 4.79 Å². The van der Waals surface area contributed by atoms with Gasteiger partial charge < -0.3 is 9.88 Å². The number of carbonyl (C=O) groups excluding carboxylic acids is 1. The van der Waals surface area contributed by atoms with Crippen molar-refractivity contribution >= 4 is 34.6 Å². The van der Waals surface area contributed by atoms with Gasteiger partial charge in [-0.15, -0.1) is 0 Å². The Hall–Kier alpha value is -2.31. The van der Waals surface area contributed by atoms with E-state index in [1.165, 1.54) is 0 Å². The van der Waals surface area contributed by atoms with Gasteiger partial charge in [0.15, 0.2) is 0 Å². The fourth-order valence-electron chi connectivity index (χ4n) is 3.23. The molecule has 0 bridgehead atoms. The van der Waals surface area contributed by atoms with E-state index in [1.54, 1.807) is 40.0 Å². The molecule has 3 aromatic rings. The Balaban J connectivity index is 1.75. The minimum Gasteiger partial charge on any atom is -0.331 e. The topological polar surface area (TPSA) is 70.5 Å². The van der Waals surface area contributed by atoms with Crippen LogP contribution >= 0.6 is 23.2 Å². The minimum atomic E-state index is -0.215. The van der Waals surface area contributed by atoms with E-state index in [0.29, 0.717) is 34.1 Å². The molecule has 1 aliphatic rings. The van der Waals surface area contributed by atoms with Gasteiger partial charge in [-0.2, -0.15) is 5.10 Å². The standard InChI is InChI=1S/C17H14Cl2N4O2/c1-9-6-14-11(15-16(24)20-4-5-23(15)21-14)8-22(9)17(25)10-2-3-12(18)13(19)7-10/h2-5,7,9H,6,8H2,1H3,(H,20,24)/t9-/m1/s1. The lowest BCUT2D eigenvalue weighted by Gasteiger charge is -2.33. The Morgan fingerprint density at radius 3 is 2.88 bits per heavy atom. The van der Waals surface area contributed by atoms with Gasteiger partial charge in [0.1, 0.15) is 5.52 Å². The van der Waals surface area contributed by atoms with Crippen LogP contribution in [-0.2, 0) is 13.0 Å². The van der Waals surface area contributed by atoms with E-state index >= 15 is 0 Å². The average molecular weight is 377 g/mol. The molecule has 6 nitrogen and oxygen atoms in total. The molecule has 128 valence electrons. The van der Waals surface area contributed by atoms with E-state index in [-0.39, 0.29) is 17.5 Å². The maximum absolute atomic E-state index is 12.9. The van der Waals surface area contributed by atoms with E-state index in [9.17, 15) is 9.59 Å². The third-order valence-corrected chi connectivity index (χ3v) is 5.25. The number of rotatable bonds is 1. The van der Waals surface area contributed by atoms with E-state index in [2.05, 4.69) is 10.1 Å². The fraction of sp³-hybridized carbons (Fsp3) is 0.235. The summed E-state index contributed by atoms with van der Waals surface area (Å²) in [6.45, 7) is 2.29. The molecule has 1 atom stereocenters. The van der Waals surface area contributed by atoms with Crippen LogP contribution in [0.5, 0.6) is 0 Å². The van der Waals surface area contributed by atoms with Crippen molar-refractivity contribution in [1.29, 1.82) is 0 Å². The predicted octanol–water partition coefficient (Wildman–Crippen LogP) is 2.92. The minimum absolute atomic E-state index is 0.0431. The molecule has 1 N–H and O–H groups in total. The van der Waals surface area contributed by atoms with E-state index in [1.807, 2.05) is 6.92 Å². The van der Waals surface area contributed by atoms with Gasteiger partial charge in [0.2, 0.25) is 0 Å². The molecule has 0 aliphatic carbocycles. The van der Waals surface area contributed by atoms with Gasteiger partial charge in [0.25, 0.3) is 11.5 Å². The molecule has 25 heavy (non-hydrogen) atoms. The second-order valence-electron chi connectivity index (χ2n) is 6.12. The SMILES string of the molecule is C[C@@H]1Cc2nn3cc[nH]c(=O)c3c2CN1C(=O)c1ccc(Cl)c(Cl)c1. The first-order valence-electron chi connectivity index (χ1n) is 7.79. The summed E-state index contributed by atoms with van der Waals surface area (Å²) < 4.78 is 1.57. The maximum atomic E-state index is 12.9. The number of nitrogens with one attached hydrogen (secondary N) is 1. The second-order valence-corrected chi connectivity index (χ2v) is 6.94. The van der Waals surface area contributed by atoms with Crippen molar-refractivity contribution in [2.75, 3.05) is 0 Å². The molecule has 0 saturated carbocycles. The zero-order chi connectivity index (χ0) is 17.7. The smallest absolute Gasteiger partial charge is 0.274 e. The summed E-state index contributed by atoms with van der Waals surface area (Å²) >= 11 is 12.0. The highest BCUT2D eigenvalue weighted by Gasteiger charge is 2.31. The van der Waals surface area contributed by atoms with E-state index in [0.717, 1.165) is 11.3 Å². The lowest BCUT2D eigenvalue weighted by Crippen LogP contribution is -2.42. The van der Waals surface area contributed by atoms with Crippen LogP contribution in [0.4, 0.5) is 0 Å². The molecule has 0 unspecified atom stereocenters.